The first-order chi connectivity index (χ1) is 9.89. The molecule has 0 radical (unpaired) electrons. The van der Waals surface area contributed by atoms with E-state index in [4.69, 9.17) is 0 Å². The lowest BCUT2D eigenvalue weighted by atomic mass is 9.85. The molecule has 1 aliphatic carbocycles. The summed E-state index contributed by atoms with van der Waals surface area (Å²) in [5, 5.41) is 13.2. The van der Waals surface area contributed by atoms with E-state index in [1.54, 1.807) is 0 Å². The first-order valence-electron chi connectivity index (χ1n) is 8.42. The molecular formula is C17H34N4. The summed E-state index contributed by atoms with van der Waals surface area (Å²) in [5.74, 6) is 0.501. The van der Waals surface area contributed by atoms with Crippen LogP contribution < -0.4 is 5.32 Å². The van der Waals surface area contributed by atoms with Gasteiger partial charge in [-0.2, -0.15) is 5.26 Å². The Morgan fingerprint density at radius 2 is 1.95 bits per heavy atom. The molecule has 0 aromatic rings. The van der Waals surface area contributed by atoms with E-state index in [0.29, 0.717) is 12.0 Å². The summed E-state index contributed by atoms with van der Waals surface area (Å²) in [6, 6.07) is 2.98. The number of nitrogens with one attached hydrogen (secondary N) is 1. The largest absolute Gasteiger partial charge is 0.309 e. The van der Waals surface area contributed by atoms with E-state index in [-0.39, 0.29) is 5.54 Å². The highest BCUT2D eigenvalue weighted by Gasteiger charge is 2.43. The van der Waals surface area contributed by atoms with Gasteiger partial charge in [0, 0.05) is 6.04 Å². The van der Waals surface area contributed by atoms with E-state index in [0.717, 1.165) is 32.5 Å². The lowest BCUT2D eigenvalue weighted by Crippen LogP contribution is -2.50. The van der Waals surface area contributed by atoms with Crippen molar-refractivity contribution in [2.24, 2.45) is 5.92 Å². The third-order valence-corrected chi connectivity index (χ3v) is 4.57. The molecule has 122 valence electrons. The van der Waals surface area contributed by atoms with E-state index in [1.165, 1.54) is 19.3 Å². The molecule has 2 atom stereocenters. The van der Waals surface area contributed by atoms with Crippen molar-refractivity contribution in [1.29, 1.82) is 5.26 Å². The number of nitrogens with zero attached hydrogens (tertiary/aromatic N) is 3. The van der Waals surface area contributed by atoms with Crippen LogP contribution in [0, 0.1) is 17.2 Å². The minimum atomic E-state index is -0.279. The molecule has 0 aromatic carbocycles. The van der Waals surface area contributed by atoms with Gasteiger partial charge in [-0.05, 0) is 86.2 Å². The molecule has 21 heavy (non-hydrogen) atoms. The molecule has 0 amide bonds. The molecule has 4 nitrogen and oxygen atoms in total. The van der Waals surface area contributed by atoms with Crippen molar-refractivity contribution in [2.75, 3.05) is 40.8 Å². The molecule has 0 spiro atoms. The maximum Gasteiger partial charge on any atom is 0.109 e. The molecule has 0 bridgehead atoms. The summed E-state index contributed by atoms with van der Waals surface area (Å²) in [7, 11) is 6.45. The molecule has 0 aliphatic heterocycles. The topological polar surface area (TPSA) is 42.3 Å². The van der Waals surface area contributed by atoms with Crippen LogP contribution in [0.15, 0.2) is 0 Å². The molecular weight excluding hydrogens is 260 g/mol. The summed E-state index contributed by atoms with van der Waals surface area (Å²) in [6.07, 6.45) is 5.73. The van der Waals surface area contributed by atoms with Gasteiger partial charge in [0.25, 0.3) is 0 Å². The second-order valence-electron chi connectivity index (χ2n) is 7.22. The maximum atomic E-state index is 9.67. The molecule has 1 aliphatic rings. The van der Waals surface area contributed by atoms with E-state index in [9.17, 15) is 5.26 Å². The van der Waals surface area contributed by atoms with Crippen molar-refractivity contribution in [2.45, 2.75) is 57.5 Å². The Labute approximate surface area is 131 Å². The first-order valence-corrected chi connectivity index (χ1v) is 8.42. The Morgan fingerprint density at radius 3 is 2.52 bits per heavy atom. The summed E-state index contributed by atoms with van der Waals surface area (Å²) < 4.78 is 0. The molecule has 1 N–H and O–H groups in total. The van der Waals surface area contributed by atoms with Crippen molar-refractivity contribution in [3.63, 3.8) is 0 Å². The quantitative estimate of drug-likeness (QED) is 0.709. The van der Waals surface area contributed by atoms with Crippen molar-refractivity contribution < 1.29 is 0 Å². The van der Waals surface area contributed by atoms with E-state index in [1.807, 2.05) is 0 Å². The van der Waals surface area contributed by atoms with Gasteiger partial charge in [0.1, 0.15) is 5.54 Å². The van der Waals surface area contributed by atoms with Gasteiger partial charge >= 0.3 is 0 Å². The van der Waals surface area contributed by atoms with Gasteiger partial charge in [-0.1, -0.05) is 6.42 Å². The zero-order valence-corrected chi connectivity index (χ0v) is 14.7. The molecule has 0 aromatic heterocycles. The van der Waals surface area contributed by atoms with Crippen molar-refractivity contribution in [3.05, 3.63) is 0 Å². The lowest BCUT2D eigenvalue weighted by molar-refractivity contribution is 0.234. The lowest BCUT2D eigenvalue weighted by Gasteiger charge is -2.33. The van der Waals surface area contributed by atoms with Gasteiger partial charge in [-0.3, -0.25) is 5.32 Å². The third-order valence-electron chi connectivity index (χ3n) is 4.57. The monoisotopic (exact) mass is 294 g/mol. The summed E-state index contributed by atoms with van der Waals surface area (Å²) in [4.78, 5) is 4.65. The smallest absolute Gasteiger partial charge is 0.109 e. The molecule has 0 heterocycles. The van der Waals surface area contributed by atoms with Crippen LogP contribution in [0.2, 0.25) is 0 Å². The predicted molar refractivity (Wildman–Crippen MR) is 89.2 cm³/mol. The highest BCUT2D eigenvalue weighted by Crippen LogP contribution is 2.38. The van der Waals surface area contributed by atoms with E-state index in [2.05, 4.69) is 56.2 Å². The second kappa shape index (κ2) is 8.73. The summed E-state index contributed by atoms with van der Waals surface area (Å²) >= 11 is 0. The zero-order valence-electron chi connectivity index (χ0n) is 14.7. The molecule has 1 fully saturated rings. The predicted octanol–water partition coefficient (Wildman–Crippen LogP) is 2.32. The van der Waals surface area contributed by atoms with Crippen LogP contribution in [0.5, 0.6) is 0 Å². The Balaban J connectivity index is 2.40. The number of rotatable bonds is 9. The normalized spacial score (nSPS) is 26.0. The van der Waals surface area contributed by atoms with Gasteiger partial charge in [0.15, 0.2) is 0 Å². The highest BCUT2D eigenvalue weighted by molar-refractivity contribution is 5.14. The zero-order chi connectivity index (χ0) is 15.9. The van der Waals surface area contributed by atoms with Crippen LogP contribution in [-0.2, 0) is 0 Å². The Bertz CT molecular complexity index is 334. The molecule has 4 heteroatoms. The Morgan fingerprint density at radius 1 is 1.24 bits per heavy atom. The van der Waals surface area contributed by atoms with Crippen molar-refractivity contribution in [3.8, 4) is 6.07 Å². The standard InChI is InChI=1S/C17H34N4/c1-15(2)19-17(14-18)10-6-8-16(17)9-13-21(5)12-7-11-20(3)4/h15-16,19H,6-13H2,1-5H3. The second-order valence-corrected chi connectivity index (χ2v) is 7.22. The van der Waals surface area contributed by atoms with Crippen LogP contribution in [0.4, 0.5) is 0 Å². The van der Waals surface area contributed by atoms with Gasteiger partial charge in [0.2, 0.25) is 0 Å². The fourth-order valence-electron chi connectivity index (χ4n) is 3.50. The van der Waals surface area contributed by atoms with Gasteiger partial charge in [-0.15, -0.1) is 0 Å². The first kappa shape index (κ1) is 18.4. The number of hydrogen-bond donors (Lipinski definition) is 1. The average molecular weight is 294 g/mol. The molecule has 1 rings (SSSR count). The van der Waals surface area contributed by atoms with Crippen LogP contribution in [0.1, 0.15) is 46.0 Å². The van der Waals surface area contributed by atoms with Crippen LogP contribution in [-0.4, -0.2) is 62.2 Å². The summed E-state index contributed by atoms with van der Waals surface area (Å²) in [6.45, 7) is 7.66. The minimum Gasteiger partial charge on any atom is -0.309 e. The van der Waals surface area contributed by atoms with Crippen LogP contribution in [0.25, 0.3) is 0 Å². The van der Waals surface area contributed by atoms with Gasteiger partial charge in [-0.25, -0.2) is 0 Å². The van der Waals surface area contributed by atoms with Crippen molar-refractivity contribution in [1.82, 2.24) is 15.1 Å². The minimum absolute atomic E-state index is 0.279. The fourth-order valence-corrected chi connectivity index (χ4v) is 3.50. The molecule has 0 saturated heterocycles. The molecule has 2 unspecified atom stereocenters. The number of nitriles is 1. The van der Waals surface area contributed by atoms with Crippen LogP contribution in [0.3, 0.4) is 0 Å². The third kappa shape index (κ3) is 5.94. The van der Waals surface area contributed by atoms with Crippen molar-refractivity contribution >= 4 is 0 Å². The SMILES string of the molecule is CC(C)NC1(C#N)CCCC1CCN(C)CCCN(C)C. The Hall–Kier alpha value is -0.630. The average Bonchev–Trinajstić information content (AvgIpc) is 2.78. The highest BCUT2D eigenvalue weighted by atomic mass is 15.1. The van der Waals surface area contributed by atoms with E-state index >= 15 is 0 Å². The fraction of sp³-hybridized carbons (Fsp3) is 0.941. The number of hydrogen-bond acceptors (Lipinski definition) is 4. The Kier molecular flexibility index (Phi) is 7.65. The van der Waals surface area contributed by atoms with E-state index < -0.39 is 0 Å². The van der Waals surface area contributed by atoms with Crippen LogP contribution >= 0.6 is 0 Å². The van der Waals surface area contributed by atoms with Gasteiger partial charge < -0.3 is 9.80 Å². The molecule has 1 saturated carbocycles. The maximum absolute atomic E-state index is 9.67. The van der Waals surface area contributed by atoms with Gasteiger partial charge in [0.05, 0.1) is 6.07 Å². The summed E-state index contributed by atoms with van der Waals surface area (Å²) in [5.41, 5.74) is -0.279.